The molecule has 2 aromatic carbocycles. The third-order valence-corrected chi connectivity index (χ3v) is 16.6. The highest BCUT2D eigenvalue weighted by molar-refractivity contribution is 5.97. The zero-order chi connectivity index (χ0) is 37.9. The third kappa shape index (κ3) is 4.34. The fourth-order valence-electron chi connectivity index (χ4n) is 13.9. The van der Waals surface area contributed by atoms with Gasteiger partial charge in [-0.25, -0.2) is 0 Å². The monoisotopic (exact) mass is 764 g/mol. The topological polar surface area (TPSA) is 164 Å². The van der Waals surface area contributed by atoms with E-state index in [1.807, 2.05) is 12.1 Å². The van der Waals surface area contributed by atoms with E-state index in [-0.39, 0.29) is 23.6 Å². The number of piperidine rings is 2. The summed E-state index contributed by atoms with van der Waals surface area (Å²) in [6.07, 6.45) is 11.2. The van der Waals surface area contributed by atoms with Gasteiger partial charge in [-0.1, -0.05) is 12.1 Å². The summed E-state index contributed by atoms with van der Waals surface area (Å²) < 4.78 is 13.2. The molecule has 4 bridgehead atoms. The number of rotatable bonds is 8. The molecule has 12 heteroatoms. The van der Waals surface area contributed by atoms with Crippen LogP contribution < -0.4 is 20.1 Å². The van der Waals surface area contributed by atoms with Gasteiger partial charge < -0.3 is 40.5 Å². The summed E-state index contributed by atoms with van der Waals surface area (Å²) in [5.41, 5.74) is 0.429. The Morgan fingerprint density at radius 1 is 0.661 bits per heavy atom. The van der Waals surface area contributed by atoms with Gasteiger partial charge in [0.2, 0.25) is 11.8 Å². The van der Waals surface area contributed by atoms with Crippen LogP contribution in [0.1, 0.15) is 86.5 Å². The van der Waals surface area contributed by atoms with E-state index in [0.29, 0.717) is 74.7 Å². The van der Waals surface area contributed by atoms with Crippen molar-refractivity contribution < 1.29 is 39.5 Å². The second-order valence-electron chi connectivity index (χ2n) is 19.2. The molecule has 2 spiro atoms. The summed E-state index contributed by atoms with van der Waals surface area (Å²) in [5, 5.41) is 53.8. The van der Waals surface area contributed by atoms with Crippen molar-refractivity contribution in [2.24, 2.45) is 11.8 Å². The molecule has 0 radical (unpaired) electrons. The fourth-order valence-corrected chi connectivity index (χ4v) is 13.9. The molecule has 2 aromatic rings. The first kappa shape index (κ1) is 34.2. The maximum atomic E-state index is 13.6. The summed E-state index contributed by atoms with van der Waals surface area (Å²) in [6.45, 7) is 3.64. The Hall–Kier alpha value is -3.84. The highest BCUT2D eigenvalue weighted by Crippen LogP contribution is 2.67. The summed E-state index contributed by atoms with van der Waals surface area (Å²) in [5.74, 6) is 1.52. The van der Waals surface area contributed by atoms with Gasteiger partial charge in [-0.2, -0.15) is 0 Å². The fraction of sp³-hybridized carbons (Fsp3) is 0.636. The van der Waals surface area contributed by atoms with Crippen LogP contribution in [0.4, 0.5) is 0 Å². The minimum atomic E-state index is -1.05. The van der Waals surface area contributed by atoms with Crippen LogP contribution in [0, 0.1) is 11.8 Å². The number of phenols is 2. The Morgan fingerprint density at radius 2 is 1.09 bits per heavy atom. The number of aromatic hydroxyl groups is 2. The molecule has 296 valence electrons. The molecule has 2 amide bonds. The average molecular weight is 765 g/mol. The molecule has 4 aliphatic heterocycles. The molecule has 10 atom stereocenters. The first-order valence-electron chi connectivity index (χ1n) is 21.3. The number of aliphatic hydroxyl groups is 2. The zero-order valence-electron chi connectivity index (χ0n) is 31.7. The van der Waals surface area contributed by atoms with E-state index in [9.17, 15) is 30.0 Å². The number of nitrogens with one attached hydrogen (secondary N) is 2. The Labute approximate surface area is 326 Å². The third-order valence-electron chi connectivity index (χ3n) is 16.6. The van der Waals surface area contributed by atoms with Gasteiger partial charge in [0.05, 0.1) is 34.1 Å². The van der Waals surface area contributed by atoms with Crippen LogP contribution >= 0.6 is 0 Å². The Morgan fingerprint density at radius 3 is 1.50 bits per heavy atom. The van der Waals surface area contributed by atoms with E-state index in [4.69, 9.17) is 9.47 Å². The van der Waals surface area contributed by atoms with E-state index in [1.54, 1.807) is 12.1 Å². The van der Waals surface area contributed by atoms with Crippen LogP contribution in [0.25, 0.3) is 0 Å². The maximum absolute atomic E-state index is 13.6. The number of likely N-dealkylation sites (tertiary alicyclic amines) is 2. The summed E-state index contributed by atoms with van der Waals surface area (Å²) in [4.78, 5) is 32.3. The van der Waals surface area contributed by atoms with Gasteiger partial charge in [0.25, 0.3) is 0 Å². The summed E-state index contributed by atoms with van der Waals surface area (Å²) in [6, 6.07) is 6.37. The lowest BCUT2D eigenvalue weighted by Crippen LogP contribution is -2.78. The van der Waals surface area contributed by atoms with Crippen molar-refractivity contribution >= 4 is 11.8 Å². The quantitative estimate of drug-likeness (QED) is 0.220. The number of benzene rings is 2. The lowest BCUT2D eigenvalue weighted by Gasteiger charge is -2.64. The minimum Gasteiger partial charge on any atom is -0.504 e. The molecule has 4 saturated carbocycles. The van der Waals surface area contributed by atoms with Crippen molar-refractivity contribution in [1.82, 2.24) is 20.4 Å². The second-order valence-corrected chi connectivity index (χ2v) is 19.2. The predicted molar refractivity (Wildman–Crippen MR) is 203 cm³/mol. The smallest absolute Gasteiger partial charge is 0.244 e. The largest absolute Gasteiger partial charge is 0.504 e. The number of carbonyl (C=O) groups excluding carboxylic acids is 2. The van der Waals surface area contributed by atoms with Crippen LogP contribution in [0.2, 0.25) is 0 Å². The Kier molecular flexibility index (Phi) is 6.98. The Balaban J connectivity index is 0.776. The number of carbonyl (C=O) groups is 2. The first-order chi connectivity index (χ1) is 27.0. The van der Waals surface area contributed by atoms with Crippen molar-refractivity contribution in [1.29, 1.82) is 0 Å². The molecule has 10 unspecified atom stereocenters. The number of amides is 2. The van der Waals surface area contributed by atoms with Gasteiger partial charge in [0.15, 0.2) is 23.0 Å². The molecule has 56 heavy (non-hydrogen) atoms. The second kappa shape index (κ2) is 11.4. The molecule has 10 aliphatic rings. The molecule has 12 nitrogen and oxygen atoms in total. The number of nitrogens with zero attached hydrogens (tertiary/aromatic N) is 2. The maximum Gasteiger partial charge on any atom is 0.244 e. The lowest BCUT2D eigenvalue weighted by molar-refractivity contribution is -0.192. The first-order valence-corrected chi connectivity index (χ1v) is 21.3. The minimum absolute atomic E-state index is 0.0523. The van der Waals surface area contributed by atoms with Gasteiger partial charge >= 0.3 is 0 Å². The average Bonchev–Trinajstić information content (AvgIpc) is 4.10. The van der Waals surface area contributed by atoms with Gasteiger partial charge in [-0.15, -0.1) is 0 Å². The standard InChI is InChI=1S/C44H52N4O8/c49-29-7-5-25-19-31-43(53)13-11-27(39-41(43,35(25)37(29)55-39)15-17-47(31)21-23-1-2-23)45-33(51)9-10-34(52)46-28-12-14-44(54)32-20-26-6-8-30(50)38-36(26)42(44,40(28)56-38)16-18-48(32)22-24-3-4-24/h5-10,23-24,27-28,31-32,39-40,49-50,53-54H,1-4,11-22H2,(H,45,51)(H,46,52)/b10-9+. The number of hydrogen-bond acceptors (Lipinski definition) is 10. The molecule has 6 fully saturated rings. The molecule has 6 N–H and O–H groups in total. The lowest BCUT2D eigenvalue weighted by atomic mass is 9.48. The van der Waals surface area contributed by atoms with Crippen LogP contribution in [-0.2, 0) is 33.3 Å². The van der Waals surface area contributed by atoms with Crippen LogP contribution in [0.3, 0.4) is 0 Å². The van der Waals surface area contributed by atoms with Crippen LogP contribution in [0.5, 0.6) is 23.0 Å². The van der Waals surface area contributed by atoms with E-state index in [0.717, 1.165) is 48.4 Å². The summed E-state index contributed by atoms with van der Waals surface area (Å²) in [7, 11) is 0. The molecule has 0 aromatic heterocycles. The van der Waals surface area contributed by atoms with E-state index < -0.39 is 58.1 Å². The molecule has 6 aliphatic carbocycles. The molecule has 4 heterocycles. The number of hydrogen-bond donors (Lipinski definition) is 6. The van der Waals surface area contributed by atoms with Crippen LogP contribution in [0.15, 0.2) is 36.4 Å². The normalized spacial score (nSPS) is 41.0. The molecule has 2 saturated heterocycles. The Bertz CT molecular complexity index is 1960. The van der Waals surface area contributed by atoms with Gasteiger partial charge in [-0.05, 0) is 125 Å². The van der Waals surface area contributed by atoms with Crippen molar-refractivity contribution in [2.75, 3.05) is 26.2 Å². The SMILES string of the molecule is O=C(/C=C/C(=O)NC1CCC2(O)C3Cc4ccc(O)c5c4C2(CCN3CC2CC2)C1O5)NC1CCC2(O)C3Cc4ccc(O)c5c4C2(CCN3CC2CC2)C1O5. The number of ether oxygens (including phenoxy) is 2. The van der Waals surface area contributed by atoms with Crippen molar-refractivity contribution in [3.05, 3.63) is 58.7 Å². The van der Waals surface area contributed by atoms with E-state index in [1.165, 1.54) is 37.8 Å². The van der Waals surface area contributed by atoms with Crippen LogP contribution in [-0.4, -0.2) is 116 Å². The van der Waals surface area contributed by atoms with Gasteiger partial charge in [0.1, 0.15) is 12.2 Å². The van der Waals surface area contributed by atoms with E-state index in [2.05, 4.69) is 20.4 Å². The van der Waals surface area contributed by atoms with Gasteiger partial charge in [-0.3, -0.25) is 19.4 Å². The van der Waals surface area contributed by atoms with Gasteiger partial charge in [0, 0.05) is 48.5 Å². The highest BCUT2D eigenvalue weighted by Gasteiger charge is 2.74. The van der Waals surface area contributed by atoms with Crippen molar-refractivity contribution in [2.45, 2.75) is 135 Å². The van der Waals surface area contributed by atoms with Crippen molar-refractivity contribution in [3.63, 3.8) is 0 Å². The van der Waals surface area contributed by atoms with Crippen molar-refractivity contribution in [3.8, 4) is 23.0 Å². The van der Waals surface area contributed by atoms with E-state index >= 15 is 0 Å². The number of phenolic OH excluding ortho intramolecular Hbond substituents is 2. The predicted octanol–water partition coefficient (Wildman–Crippen LogP) is 2.45. The molecular formula is C44H52N4O8. The molecular weight excluding hydrogens is 713 g/mol. The molecule has 12 rings (SSSR count). The zero-order valence-corrected chi connectivity index (χ0v) is 31.7. The summed E-state index contributed by atoms with van der Waals surface area (Å²) >= 11 is 0. The highest BCUT2D eigenvalue weighted by atomic mass is 16.5.